The van der Waals surface area contributed by atoms with Crippen LogP contribution in [0, 0.1) is 5.41 Å². The van der Waals surface area contributed by atoms with Gasteiger partial charge in [-0.25, -0.2) is 0 Å². The zero-order chi connectivity index (χ0) is 17.2. The monoisotopic (exact) mass is 316 g/mol. The summed E-state index contributed by atoms with van der Waals surface area (Å²) in [6, 6.07) is 0. The number of rotatable bonds is 11. The van der Waals surface area contributed by atoms with E-state index in [1.165, 1.54) is 6.92 Å². The standard InChI is InChI=1S/C16H32N2O4/c1-5-9-15(10-6-2,14(21)17-11-8-12-19)16(22,7-3)18-13(4)20/h19,22H,5-12H2,1-4H3,(H,17,21)(H,18,20). The molecule has 0 aromatic carbocycles. The number of carbonyl (C=O) groups excluding carboxylic acids is 2. The van der Waals surface area contributed by atoms with E-state index < -0.39 is 11.1 Å². The van der Waals surface area contributed by atoms with Crippen LogP contribution < -0.4 is 10.6 Å². The van der Waals surface area contributed by atoms with Gasteiger partial charge in [-0.05, 0) is 25.7 Å². The molecule has 0 aliphatic carbocycles. The van der Waals surface area contributed by atoms with Crippen LogP contribution in [0.1, 0.15) is 66.2 Å². The molecule has 2 amide bonds. The van der Waals surface area contributed by atoms with E-state index in [0.717, 1.165) is 12.8 Å². The van der Waals surface area contributed by atoms with Gasteiger partial charge in [0.1, 0.15) is 0 Å². The number of aliphatic hydroxyl groups is 2. The molecule has 6 nitrogen and oxygen atoms in total. The van der Waals surface area contributed by atoms with Crippen molar-refractivity contribution in [1.29, 1.82) is 0 Å². The molecule has 0 aliphatic heterocycles. The van der Waals surface area contributed by atoms with Crippen molar-refractivity contribution >= 4 is 11.8 Å². The summed E-state index contributed by atoms with van der Waals surface area (Å²) in [6.07, 6.45) is 3.11. The second-order valence-corrected chi connectivity index (χ2v) is 5.81. The van der Waals surface area contributed by atoms with Gasteiger partial charge >= 0.3 is 0 Å². The van der Waals surface area contributed by atoms with Crippen molar-refractivity contribution in [2.45, 2.75) is 71.9 Å². The fourth-order valence-electron chi connectivity index (χ4n) is 3.09. The molecule has 130 valence electrons. The third-order valence-electron chi connectivity index (χ3n) is 4.09. The Morgan fingerprint density at radius 2 is 1.64 bits per heavy atom. The highest BCUT2D eigenvalue weighted by Gasteiger charge is 2.53. The van der Waals surface area contributed by atoms with Gasteiger partial charge in [-0.2, -0.15) is 0 Å². The maximum absolute atomic E-state index is 12.8. The highest BCUT2D eigenvalue weighted by molar-refractivity contribution is 5.85. The Hall–Kier alpha value is -1.14. The lowest BCUT2D eigenvalue weighted by Crippen LogP contribution is -2.65. The maximum Gasteiger partial charge on any atom is 0.231 e. The summed E-state index contributed by atoms with van der Waals surface area (Å²) in [6.45, 7) is 7.36. The first-order chi connectivity index (χ1) is 10.3. The van der Waals surface area contributed by atoms with Crippen molar-refractivity contribution in [3.63, 3.8) is 0 Å². The van der Waals surface area contributed by atoms with E-state index in [4.69, 9.17) is 5.11 Å². The molecule has 22 heavy (non-hydrogen) atoms. The van der Waals surface area contributed by atoms with Gasteiger partial charge in [-0.15, -0.1) is 0 Å². The van der Waals surface area contributed by atoms with E-state index in [1.54, 1.807) is 6.92 Å². The largest absolute Gasteiger partial charge is 0.396 e. The molecule has 0 rings (SSSR count). The second-order valence-electron chi connectivity index (χ2n) is 5.81. The average Bonchev–Trinajstić information content (AvgIpc) is 2.46. The van der Waals surface area contributed by atoms with Crippen molar-refractivity contribution in [3.8, 4) is 0 Å². The minimum absolute atomic E-state index is 0.00141. The van der Waals surface area contributed by atoms with Gasteiger partial charge in [0, 0.05) is 20.1 Å². The summed E-state index contributed by atoms with van der Waals surface area (Å²) in [4.78, 5) is 24.3. The van der Waals surface area contributed by atoms with Crippen LogP contribution in [0.3, 0.4) is 0 Å². The number of hydrogen-bond donors (Lipinski definition) is 4. The molecule has 0 heterocycles. The number of hydrogen-bond acceptors (Lipinski definition) is 4. The zero-order valence-corrected chi connectivity index (χ0v) is 14.4. The van der Waals surface area contributed by atoms with Gasteiger partial charge in [-0.1, -0.05) is 33.6 Å². The molecule has 1 unspecified atom stereocenters. The third-order valence-corrected chi connectivity index (χ3v) is 4.09. The normalized spacial score (nSPS) is 14.3. The van der Waals surface area contributed by atoms with E-state index in [2.05, 4.69) is 10.6 Å². The van der Waals surface area contributed by atoms with Crippen LogP contribution in [0.15, 0.2) is 0 Å². The summed E-state index contributed by atoms with van der Waals surface area (Å²) < 4.78 is 0. The molecule has 1 atom stereocenters. The average molecular weight is 316 g/mol. The highest BCUT2D eigenvalue weighted by atomic mass is 16.3. The van der Waals surface area contributed by atoms with Crippen LogP contribution in [0.25, 0.3) is 0 Å². The van der Waals surface area contributed by atoms with Crippen molar-refractivity contribution < 1.29 is 19.8 Å². The van der Waals surface area contributed by atoms with E-state index in [0.29, 0.717) is 25.8 Å². The van der Waals surface area contributed by atoms with E-state index in [1.807, 2.05) is 13.8 Å². The second kappa shape index (κ2) is 9.79. The van der Waals surface area contributed by atoms with E-state index in [-0.39, 0.29) is 24.8 Å². The van der Waals surface area contributed by atoms with Crippen LogP contribution in [0.4, 0.5) is 0 Å². The summed E-state index contributed by atoms with van der Waals surface area (Å²) in [5, 5.41) is 25.3. The molecule has 0 aromatic rings. The highest BCUT2D eigenvalue weighted by Crippen LogP contribution is 2.41. The van der Waals surface area contributed by atoms with Crippen LogP contribution in [0.5, 0.6) is 0 Å². The quantitative estimate of drug-likeness (QED) is 0.341. The summed E-state index contributed by atoms with van der Waals surface area (Å²) >= 11 is 0. The fourth-order valence-corrected chi connectivity index (χ4v) is 3.09. The molecule has 0 bridgehead atoms. The third kappa shape index (κ3) is 4.95. The van der Waals surface area contributed by atoms with Crippen molar-refractivity contribution in [2.75, 3.05) is 13.2 Å². The molecule has 4 N–H and O–H groups in total. The Bertz CT molecular complexity index is 354. The van der Waals surface area contributed by atoms with Crippen molar-refractivity contribution in [3.05, 3.63) is 0 Å². The van der Waals surface area contributed by atoms with Gasteiger partial charge in [0.05, 0.1) is 5.41 Å². The first kappa shape index (κ1) is 20.9. The number of aliphatic hydroxyl groups excluding tert-OH is 1. The topological polar surface area (TPSA) is 98.7 Å². The van der Waals surface area contributed by atoms with Crippen molar-refractivity contribution in [2.24, 2.45) is 5.41 Å². The number of nitrogens with one attached hydrogen (secondary N) is 2. The van der Waals surface area contributed by atoms with Crippen LogP contribution in [0.2, 0.25) is 0 Å². The van der Waals surface area contributed by atoms with Gasteiger partial charge in [0.25, 0.3) is 0 Å². The van der Waals surface area contributed by atoms with Gasteiger partial charge < -0.3 is 20.8 Å². The lowest BCUT2D eigenvalue weighted by Gasteiger charge is -2.46. The van der Waals surface area contributed by atoms with Gasteiger partial charge in [0.2, 0.25) is 11.8 Å². The molecule has 6 heteroatoms. The van der Waals surface area contributed by atoms with Crippen LogP contribution in [-0.2, 0) is 9.59 Å². The smallest absolute Gasteiger partial charge is 0.231 e. The predicted molar refractivity (Wildman–Crippen MR) is 86.0 cm³/mol. The first-order valence-electron chi connectivity index (χ1n) is 8.23. The number of amides is 2. The zero-order valence-electron chi connectivity index (χ0n) is 14.4. The minimum Gasteiger partial charge on any atom is -0.396 e. The molecular weight excluding hydrogens is 284 g/mol. The molecular formula is C16H32N2O4. The summed E-state index contributed by atoms with van der Waals surface area (Å²) in [7, 11) is 0. The SMILES string of the molecule is CCCC(CCC)(C(=O)NCCCO)C(O)(CC)NC(C)=O. The first-order valence-corrected chi connectivity index (χ1v) is 8.23. The Morgan fingerprint density at radius 1 is 1.09 bits per heavy atom. The lowest BCUT2D eigenvalue weighted by atomic mass is 9.68. The van der Waals surface area contributed by atoms with E-state index >= 15 is 0 Å². The minimum atomic E-state index is -1.58. The molecule has 0 spiro atoms. The predicted octanol–water partition coefficient (Wildman–Crippen LogP) is 1.31. The van der Waals surface area contributed by atoms with Crippen LogP contribution >= 0.6 is 0 Å². The summed E-state index contributed by atoms with van der Waals surface area (Å²) in [5.41, 5.74) is -2.64. The lowest BCUT2D eigenvalue weighted by molar-refractivity contribution is -0.166. The molecule has 0 radical (unpaired) electrons. The Balaban J connectivity index is 5.61. The maximum atomic E-state index is 12.8. The summed E-state index contributed by atoms with van der Waals surface area (Å²) in [5.74, 6) is -0.619. The molecule has 0 aliphatic rings. The van der Waals surface area contributed by atoms with Gasteiger partial charge in [0.15, 0.2) is 5.72 Å². The van der Waals surface area contributed by atoms with Gasteiger partial charge in [-0.3, -0.25) is 9.59 Å². The number of carbonyl (C=O) groups is 2. The molecule has 0 saturated carbocycles. The molecule has 0 saturated heterocycles. The van der Waals surface area contributed by atoms with Crippen LogP contribution in [-0.4, -0.2) is 40.9 Å². The fraction of sp³-hybridized carbons (Fsp3) is 0.875. The Labute approximate surface area is 133 Å². The Morgan fingerprint density at radius 3 is 2.00 bits per heavy atom. The van der Waals surface area contributed by atoms with E-state index in [9.17, 15) is 14.7 Å². The van der Waals surface area contributed by atoms with Crippen molar-refractivity contribution in [1.82, 2.24) is 10.6 Å². The molecule has 0 fully saturated rings. The molecule has 0 aromatic heterocycles. The Kier molecular flexibility index (Phi) is 9.28.